The van der Waals surface area contributed by atoms with Gasteiger partial charge in [0.05, 0.1) is 6.10 Å². The molecule has 0 radical (unpaired) electrons. The number of pyridine rings is 1. The molecule has 3 atom stereocenters. The molecule has 0 spiro atoms. The minimum Gasteiger partial charge on any atom is -0.480 e. The molecule has 3 unspecified atom stereocenters. The van der Waals surface area contributed by atoms with Crippen molar-refractivity contribution < 1.29 is 23.8 Å². The number of ether oxygens (including phenoxy) is 1. The summed E-state index contributed by atoms with van der Waals surface area (Å²) in [4.78, 5) is 30.8. The maximum Gasteiger partial charge on any atom is 0.326 e. The number of rotatable bonds is 15. The Morgan fingerprint density at radius 3 is 2.69 bits per heavy atom. The molecule has 1 aliphatic heterocycles. The summed E-state index contributed by atoms with van der Waals surface area (Å²) in [6.07, 6.45) is 3.65. The highest BCUT2D eigenvalue weighted by Gasteiger charge is 2.24. The van der Waals surface area contributed by atoms with Gasteiger partial charge in [0, 0.05) is 38.9 Å². The van der Waals surface area contributed by atoms with Crippen LogP contribution in [0.2, 0.25) is 0 Å². The summed E-state index contributed by atoms with van der Waals surface area (Å²) in [5.41, 5.74) is 2.09. The van der Waals surface area contributed by atoms with Crippen LogP contribution in [0.4, 0.5) is 10.2 Å². The Labute approximate surface area is 215 Å². The van der Waals surface area contributed by atoms with Gasteiger partial charge in [-0.3, -0.25) is 4.79 Å². The van der Waals surface area contributed by atoms with Crippen molar-refractivity contribution in [3.63, 3.8) is 0 Å². The lowest BCUT2D eigenvalue weighted by atomic mass is 9.92. The first kappa shape index (κ1) is 30.0. The molecule has 1 aromatic heterocycles. The summed E-state index contributed by atoms with van der Waals surface area (Å²) in [7, 11) is 1.48. The van der Waals surface area contributed by atoms with Gasteiger partial charge in [0.15, 0.2) is 0 Å². The molecule has 2 heterocycles. The number of nitrogens with one attached hydrogen (secondary N) is 2. The molecule has 0 saturated heterocycles. The van der Waals surface area contributed by atoms with Crippen molar-refractivity contribution in [3.05, 3.63) is 23.4 Å². The third kappa shape index (κ3) is 10.4. The second-order valence-electron chi connectivity index (χ2n) is 11.1. The Morgan fingerprint density at radius 2 is 2.06 bits per heavy atom. The highest BCUT2D eigenvalue weighted by Crippen LogP contribution is 2.29. The molecule has 36 heavy (non-hydrogen) atoms. The van der Waals surface area contributed by atoms with Crippen LogP contribution in [0.3, 0.4) is 0 Å². The van der Waals surface area contributed by atoms with Crippen molar-refractivity contribution in [3.8, 4) is 0 Å². The number of unbranched alkanes of at least 4 members (excludes halogenated alkanes) is 1. The molecule has 9 heteroatoms. The van der Waals surface area contributed by atoms with E-state index in [1.165, 1.54) is 12.7 Å². The van der Waals surface area contributed by atoms with Gasteiger partial charge in [0.1, 0.15) is 18.5 Å². The molecule has 1 amide bonds. The van der Waals surface area contributed by atoms with Crippen molar-refractivity contribution in [1.82, 2.24) is 15.2 Å². The quantitative estimate of drug-likeness (QED) is 0.308. The van der Waals surface area contributed by atoms with Crippen molar-refractivity contribution in [2.24, 2.45) is 5.41 Å². The lowest BCUT2D eigenvalue weighted by molar-refractivity contribution is -0.142. The second-order valence-corrected chi connectivity index (χ2v) is 11.1. The molecule has 0 fully saturated rings. The van der Waals surface area contributed by atoms with Crippen LogP contribution in [0.25, 0.3) is 0 Å². The van der Waals surface area contributed by atoms with Gasteiger partial charge in [0.2, 0.25) is 5.91 Å². The Kier molecular flexibility index (Phi) is 12.0. The Morgan fingerprint density at radius 1 is 1.31 bits per heavy atom. The number of anilines is 1. The van der Waals surface area contributed by atoms with E-state index in [1.807, 2.05) is 25.7 Å². The number of alkyl halides is 1. The summed E-state index contributed by atoms with van der Waals surface area (Å²) >= 11 is 0. The van der Waals surface area contributed by atoms with Crippen molar-refractivity contribution in [1.29, 1.82) is 0 Å². The predicted molar refractivity (Wildman–Crippen MR) is 140 cm³/mol. The number of nitrogens with zero attached hydrogens (tertiary/aromatic N) is 2. The van der Waals surface area contributed by atoms with Gasteiger partial charge in [-0.1, -0.05) is 33.8 Å². The van der Waals surface area contributed by atoms with Gasteiger partial charge in [-0.25, -0.2) is 14.2 Å². The molecule has 0 saturated carbocycles. The molecule has 0 bridgehead atoms. The van der Waals surface area contributed by atoms with E-state index in [0.717, 1.165) is 43.7 Å². The summed E-state index contributed by atoms with van der Waals surface area (Å²) in [6.45, 7) is 9.84. The number of carbonyl (C=O) groups excluding carboxylic acids is 1. The first-order valence-corrected chi connectivity index (χ1v) is 13.1. The topological polar surface area (TPSA) is 104 Å². The molecule has 1 aliphatic rings. The number of hydrogen-bond donors (Lipinski definition) is 3. The zero-order valence-electron chi connectivity index (χ0n) is 22.6. The van der Waals surface area contributed by atoms with Crippen LogP contribution < -0.4 is 10.6 Å². The number of aromatic nitrogens is 1. The standard InChI is InChI=1S/C27H45FN4O4/c1-19-11-13-29-25-22(19)10-9-20(30-25)8-6-7-14-32(18-21(17-28)36-5)15-12-23(26(34)35)31-24(33)16-27(2,3)4/h9-10,19,21,23H,6-8,11-18H2,1-5H3,(H,29,30)(H,31,33)(H,34,35). The smallest absolute Gasteiger partial charge is 0.326 e. The van der Waals surface area contributed by atoms with Gasteiger partial charge >= 0.3 is 5.97 Å². The van der Waals surface area contributed by atoms with Crippen LogP contribution in [0.5, 0.6) is 0 Å². The first-order chi connectivity index (χ1) is 17.0. The average Bonchev–Trinajstić information content (AvgIpc) is 2.80. The number of carboxylic acids is 1. The van der Waals surface area contributed by atoms with Crippen LogP contribution in [0, 0.1) is 5.41 Å². The predicted octanol–water partition coefficient (Wildman–Crippen LogP) is 4.01. The van der Waals surface area contributed by atoms with E-state index in [0.29, 0.717) is 25.6 Å². The van der Waals surface area contributed by atoms with Gasteiger partial charge in [-0.2, -0.15) is 0 Å². The number of amides is 1. The minimum absolute atomic E-state index is 0.229. The lowest BCUT2D eigenvalue weighted by Crippen LogP contribution is -2.45. The third-order valence-corrected chi connectivity index (χ3v) is 6.57. The fourth-order valence-electron chi connectivity index (χ4n) is 4.46. The zero-order chi connectivity index (χ0) is 26.7. The highest BCUT2D eigenvalue weighted by atomic mass is 19.1. The molecule has 0 aromatic carbocycles. The number of methoxy groups -OCH3 is 1. The monoisotopic (exact) mass is 508 g/mol. The largest absolute Gasteiger partial charge is 0.480 e. The van der Waals surface area contributed by atoms with Crippen molar-refractivity contribution in [2.45, 2.75) is 84.3 Å². The number of fused-ring (bicyclic) bond motifs is 1. The maximum atomic E-state index is 13.3. The van der Waals surface area contributed by atoms with Crippen LogP contribution in [0.1, 0.15) is 77.0 Å². The Balaban J connectivity index is 1.90. The number of carbonyl (C=O) groups is 2. The van der Waals surface area contributed by atoms with Crippen molar-refractivity contribution >= 4 is 17.7 Å². The van der Waals surface area contributed by atoms with E-state index in [-0.39, 0.29) is 24.2 Å². The van der Waals surface area contributed by atoms with E-state index in [2.05, 4.69) is 29.7 Å². The first-order valence-electron chi connectivity index (χ1n) is 13.1. The van der Waals surface area contributed by atoms with E-state index in [4.69, 9.17) is 9.72 Å². The molecule has 0 aliphatic carbocycles. The van der Waals surface area contributed by atoms with E-state index in [9.17, 15) is 19.1 Å². The molecule has 3 N–H and O–H groups in total. The summed E-state index contributed by atoms with van der Waals surface area (Å²) in [5.74, 6) is 0.175. The molecular weight excluding hydrogens is 463 g/mol. The number of hydrogen-bond acceptors (Lipinski definition) is 6. The maximum absolute atomic E-state index is 13.3. The lowest BCUT2D eigenvalue weighted by Gasteiger charge is -2.27. The second kappa shape index (κ2) is 14.5. The molecule has 8 nitrogen and oxygen atoms in total. The summed E-state index contributed by atoms with van der Waals surface area (Å²) < 4.78 is 18.6. The molecular formula is C27H45FN4O4. The van der Waals surface area contributed by atoms with E-state index in [1.54, 1.807) is 0 Å². The van der Waals surface area contributed by atoms with Crippen LogP contribution in [-0.2, 0) is 20.7 Å². The van der Waals surface area contributed by atoms with Crippen LogP contribution >= 0.6 is 0 Å². The summed E-state index contributed by atoms with van der Waals surface area (Å²) in [5, 5.41) is 15.7. The molecule has 1 aromatic rings. The van der Waals surface area contributed by atoms with Crippen LogP contribution in [-0.4, -0.2) is 79.0 Å². The van der Waals surface area contributed by atoms with Gasteiger partial charge < -0.3 is 25.4 Å². The SMILES string of the molecule is COC(CF)CN(CCCCc1ccc2c(n1)NCCC2C)CCC(NC(=O)CC(C)(C)C)C(=O)O. The summed E-state index contributed by atoms with van der Waals surface area (Å²) in [6, 6.07) is 3.29. The zero-order valence-corrected chi connectivity index (χ0v) is 22.6. The van der Waals surface area contributed by atoms with E-state index >= 15 is 0 Å². The number of aliphatic carboxylic acids is 1. The Bertz CT molecular complexity index is 842. The minimum atomic E-state index is -1.06. The van der Waals surface area contributed by atoms with Gasteiger partial charge in [0.25, 0.3) is 0 Å². The third-order valence-electron chi connectivity index (χ3n) is 6.57. The van der Waals surface area contributed by atoms with Gasteiger partial charge in [-0.15, -0.1) is 0 Å². The highest BCUT2D eigenvalue weighted by molar-refractivity contribution is 5.83. The van der Waals surface area contributed by atoms with E-state index < -0.39 is 24.8 Å². The average molecular weight is 509 g/mol. The van der Waals surface area contributed by atoms with Crippen LogP contribution in [0.15, 0.2) is 12.1 Å². The van der Waals surface area contributed by atoms with Crippen molar-refractivity contribution in [2.75, 3.05) is 45.3 Å². The number of aryl methyl sites for hydroxylation is 1. The fourth-order valence-corrected chi connectivity index (χ4v) is 4.46. The normalized spacial score (nSPS) is 17.2. The van der Waals surface area contributed by atoms with Gasteiger partial charge in [-0.05, 0) is 61.6 Å². The molecule has 204 valence electrons. The number of carboxylic acid groups (broad SMARTS) is 1. The fraction of sp³-hybridized carbons (Fsp3) is 0.741. The Hall–Kier alpha value is -2.26. The molecule has 2 rings (SSSR count). The number of halogens is 1.